The first kappa shape index (κ1) is 11.1. The Hall–Kier alpha value is -1.41. The van der Waals surface area contributed by atoms with Gasteiger partial charge in [0.15, 0.2) is 6.20 Å². The lowest BCUT2D eigenvalue weighted by molar-refractivity contribution is -0.673. The van der Waals surface area contributed by atoms with E-state index in [0.717, 1.165) is 4.47 Å². The SMILES string of the molecule is C[n+]1ccccc1C=Cc1ccc(Br)cc1. The third-order valence-electron chi connectivity index (χ3n) is 2.41. The molecule has 2 rings (SSSR count). The molecule has 0 N–H and O–H groups in total. The Labute approximate surface area is 104 Å². The second-order valence-corrected chi connectivity index (χ2v) is 4.54. The van der Waals surface area contributed by atoms with Crippen molar-refractivity contribution in [2.75, 3.05) is 0 Å². The Kier molecular flexibility index (Phi) is 3.52. The maximum absolute atomic E-state index is 3.42. The van der Waals surface area contributed by atoms with E-state index in [2.05, 4.69) is 50.8 Å². The summed E-state index contributed by atoms with van der Waals surface area (Å²) >= 11 is 3.42. The van der Waals surface area contributed by atoms with Gasteiger partial charge in [-0.2, -0.15) is 0 Å². The van der Waals surface area contributed by atoms with Gasteiger partial charge in [0.2, 0.25) is 5.69 Å². The highest BCUT2D eigenvalue weighted by Crippen LogP contribution is 2.12. The van der Waals surface area contributed by atoms with Crippen molar-refractivity contribution in [2.45, 2.75) is 0 Å². The van der Waals surface area contributed by atoms with Gasteiger partial charge in [-0.05, 0) is 29.8 Å². The normalized spacial score (nSPS) is 10.9. The summed E-state index contributed by atoms with van der Waals surface area (Å²) in [5.74, 6) is 0. The fraction of sp³-hybridized carbons (Fsp3) is 0.0714. The molecule has 2 aromatic rings. The van der Waals surface area contributed by atoms with Crippen LogP contribution in [0.3, 0.4) is 0 Å². The number of aryl methyl sites for hydroxylation is 1. The Morgan fingerprint density at radius 1 is 1.00 bits per heavy atom. The summed E-state index contributed by atoms with van der Waals surface area (Å²) < 4.78 is 3.20. The van der Waals surface area contributed by atoms with Crippen LogP contribution in [-0.4, -0.2) is 0 Å². The molecule has 1 aromatic carbocycles. The predicted molar refractivity (Wildman–Crippen MR) is 70.7 cm³/mol. The molecule has 0 spiro atoms. The van der Waals surface area contributed by atoms with Crippen molar-refractivity contribution in [3.8, 4) is 0 Å². The Bertz CT molecular complexity index is 500. The van der Waals surface area contributed by atoms with Crippen molar-refractivity contribution < 1.29 is 4.57 Å². The molecule has 0 bridgehead atoms. The van der Waals surface area contributed by atoms with Gasteiger partial charge in [0.05, 0.1) is 0 Å². The summed E-state index contributed by atoms with van der Waals surface area (Å²) in [6.07, 6.45) is 6.27. The van der Waals surface area contributed by atoms with Crippen LogP contribution in [0.5, 0.6) is 0 Å². The van der Waals surface area contributed by atoms with E-state index in [1.54, 1.807) is 0 Å². The molecule has 0 aliphatic carbocycles. The summed E-state index contributed by atoms with van der Waals surface area (Å²) in [6, 6.07) is 14.4. The highest BCUT2D eigenvalue weighted by molar-refractivity contribution is 9.10. The molecule has 2 heteroatoms. The second-order valence-electron chi connectivity index (χ2n) is 3.62. The largest absolute Gasteiger partial charge is 0.204 e. The first-order valence-electron chi connectivity index (χ1n) is 5.14. The van der Waals surface area contributed by atoms with Gasteiger partial charge in [0.25, 0.3) is 0 Å². The summed E-state index contributed by atoms with van der Waals surface area (Å²) in [7, 11) is 2.04. The minimum atomic E-state index is 1.11. The standard InChI is InChI=1S/C14H13BrN/c1-16-11-3-2-4-14(16)10-7-12-5-8-13(15)9-6-12/h2-11H,1H3/q+1. The molecule has 1 heterocycles. The zero-order valence-corrected chi connectivity index (χ0v) is 10.7. The molecule has 0 saturated heterocycles. The predicted octanol–water partition coefficient (Wildman–Crippen LogP) is 3.44. The maximum Gasteiger partial charge on any atom is 0.204 e. The summed E-state index contributed by atoms with van der Waals surface area (Å²) in [5.41, 5.74) is 2.39. The van der Waals surface area contributed by atoms with E-state index in [1.807, 2.05) is 37.5 Å². The van der Waals surface area contributed by atoms with Crippen molar-refractivity contribution in [1.29, 1.82) is 0 Å². The van der Waals surface area contributed by atoms with Gasteiger partial charge in [-0.3, -0.25) is 0 Å². The van der Waals surface area contributed by atoms with Crippen LogP contribution in [0.4, 0.5) is 0 Å². The average molecular weight is 275 g/mol. The van der Waals surface area contributed by atoms with Crippen molar-refractivity contribution in [3.63, 3.8) is 0 Å². The molecule has 1 aromatic heterocycles. The van der Waals surface area contributed by atoms with Crippen molar-refractivity contribution in [2.24, 2.45) is 7.05 Å². The van der Waals surface area contributed by atoms with Gasteiger partial charge < -0.3 is 0 Å². The maximum atomic E-state index is 3.42. The average Bonchev–Trinajstić information content (AvgIpc) is 2.30. The molecule has 1 nitrogen and oxygen atoms in total. The molecular weight excluding hydrogens is 262 g/mol. The van der Waals surface area contributed by atoms with E-state index in [9.17, 15) is 0 Å². The van der Waals surface area contributed by atoms with E-state index < -0.39 is 0 Å². The molecule has 0 aliphatic rings. The molecule has 0 aliphatic heterocycles. The van der Waals surface area contributed by atoms with Gasteiger partial charge in [-0.15, -0.1) is 0 Å². The highest BCUT2D eigenvalue weighted by atomic mass is 79.9. The number of halogens is 1. The Morgan fingerprint density at radius 3 is 2.44 bits per heavy atom. The number of benzene rings is 1. The highest BCUT2D eigenvalue weighted by Gasteiger charge is 1.98. The van der Waals surface area contributed by atoms with Gasteiger partial charge >= 0.3 is 0 Å². The first-order chi connectivity index (χ1) is 7.75. The van der Waals surface area contributed by atoms with E-state index in [-0.39, 0.29) is 0 Å². The number of aromatic nitrogens is 1. The minimum absolute atomic E-state index is 1.11. The van der Waals surface area contributed by atoms with Crippen LogP contribution in [0.1, 0.15) is 11.3 Å². The van der Waals surface area contributed by atoms with Crippen LogP contribution in [0.15, 0.2) is 53.1 Å². The minimum Gasteiger partial charge on any atom is -0.202 e. The third-order valence-corrected chi connectivity index (χ3v) is 2.94. The van der Waals surface area contributed by atoms with Gasteiger partial charge in [0.1, 0.15) is 7.05 Å². The van der Waals surface area contributed by atoms with Gasteiger partial charge in [-0.1, -0.05) is 28.1 Å². The first-order valence-corrected chi connectivity index (χ1v) is 5.93. The van der Waals surface area contributed by atoms with Gasteiger partial charge in [0, 0.05) is 22.7 Å². The van der Waals surface area contributed by atoms with Crippen LogP contribution in [0, 0.1) is 0 Å². The van der Waals surface area contributed by atoms with E-state index in [0.29, 0.717) is 0 Å². The second kappa shape index (κ2) is 5.08. The Morgan fingerprint density at radius 2 is 1.75 bits per heavy atom. The Balaban J connectivity index is 2.21. The molecule has 0 radical (unpaired) electrons. The quantitative estimate of drug-likeness (QED) is 0.739. The number of hydrogen-bond acceptors (Lipinski definition) is 0. The topological polar surface area (TPSA) is 3.88 Å². The van der Waals surface area contributed by atoms with Crippen molar-refractivity contribution >= 4 is 28.1 Å². The van der Waals surface area contributed by atoms with Crippen LogP contribution in [-0.2, 0) is 7.05 Å². The zero-order valence-electron chi connectivity index (χ0n) is 9.10. The number of pyridine rings is 1. The third kappa shape index (κ3) is 2.80. The number of nitrogens with zero attached hydrogens (tertiary/aromatic N) is 1. The summed E-state index contributed by atoms with van der Waals surface area (Å²) in [6.45, 7) is 0. The van der Waals surface area contributed by atoms with Gasteiger partial charge in [-0.25, -0.2) is 4.57 Å². The lowest BCUT2D eigenvalue weighted by Crippen LogP contribution is -2.30. The number of rotatable bonds is 2. The summed E-state index contributed by atoms with van der Waals surface area (Å²) in [5, 5.41) is 0. The van der Waals surface area contributed by atoms with Crippen LogP contribution >= 0.6 is 15.9 Å². The van der Waals surface area contributed by atoms with Crippen LogP contribution in [0.25, 0.3) is 12.2 Å². The molecule has 0 amide bonds. The van der Waals surface area contributed by atoms with Crippen molar-refractivity contribution in [3.05, 3.63) is 64.4 Å². The van der Waals surface area contributed by atoms with Crippen molar-refractivity contribution in [1.82, 2.24) is 0 Å². The molecule has 0 fully saturated rings. The molecule has 16 heavy (non-hydrogen) atoms. The van der Waals surface area contributed by atoms with E-state index in [4.69, 9.17) is 0 Å². The number of hydrogen-bond donors (Lipinski definition) is 0. The molecule has 0 unspecified atom stereocenters. The molecule has 0 atom stereocenters. The molecular formula is C14H13BrN+. The zero-order chi connectivity index (χ0) is 11.4. The van der Waals surface area contributed by atoms with E-state index in [1.165, 1.54) is 11.3 Å². The smallest absolute Gasteiger partial charge is 0.202 e. The van der Waals surface area contributed by atoms with Crippen LogP contribution < -0.4 is 4.57 Å². The fourth-order valence-corrected chi connectivity index (χ4v) is 1.73. The van der Waals surface area contributed by atoms with Crippen LogP contribution in [0.2, 0.25) is 0 Å². The lowest BCUT2D eigenvalue weighted by atomic mass is 10.2. The molecule has 0 saturated carbocycles. The lowest BCUT2D eigenvalue weighted by Gasteiger charge is -1.94. The monoisotopic (exact) mass is 274 g/mol. The van der Waals surface area contributed by atoms with E-state index >= 15 is 0 Å². The summed E-state index contributed by atoms with van der Waals surface area (Å²) in [4.78, 5) is 0. The fourth-order valence-electron chi connectivity index (χ4n) is 1.47. The molecule has 80 valence electrons.